The number of hydrogen-bond acceptors (Lipinski definition) is 8. The predicted octanol–water partition coefficient (Wildman–Crippen LogP) is 3.35. The molecule has 3 heterocycles. The van der Waals surface area contributed by atoms with Gasteiger partial charge in [-0.1, -0.05) is 11.6 Å². The van der Waals surface area contributed by atoms with Gasteiger partial charge in [-0.05, 0) is 35.9 Å². The van der Waals surface area contributed by atoms with E-state index in [0.717, 1.165) is 13.1 Å². The van der Waals surface area contributed by atoms with Crippen molar-refractivity contribution in [3.8, 4) is 17.2 Å². The number of carbonyl (C=O) groups is 1. The normalized spacial score (nSPS) is 17.9. The number of morpholine rings is 1. The smallest absolute Gasteiger partial charge is 0.290 e. The number of amides is 1. The van der Waals surface area contributed by atoms with Gasteiger partial charge in [0.05, 0.1) is 51.5 Å². The SMILES string of the molecule is COc1cc(C2c3c(oc4ccc(Cl)cc4c3=O)C(=O)N2CCN2CCOCC2)cc(OC)c1OC. The highest BCUT2D eigenvalue weighted by atomic mass is 35.5. The highest BCUT2D eigenvalue weighted by Crippen LogP contribution is 2.45. The molecule has 36 heavy (non-hydrogen) atoms. The van der Waals surface area contributed by atoms with Gasteiger partial charge in [-0.2, -0.15) is 0 Å². The van der Waals surface area contributed by atoms with Crippen molar-refractivity contribution in [1.29, 1.82) is 0 Å². The lowest BCUT2D eigenvalue weighted by atomic mass is 9.97. The molecule has 5 rings (SSSR count). The van der Waals surface area contributed by atoms with Crippen LogP contribution in [0.4, 0.5) is 0 Å². The van der Waals surface area contributed by atoms with Crippen LogP contribution >= 0.6 is 11.6 Å². The summed E-state index contributed by atoms with van der Waals surface area (Å²) in [6, 6.07) is 7.62. The molecule has 0 aliphatic carbocycles. The zero-order valence-corrected chi connectivity index (χ0v) is 21.1. The second-order valence-corrected chi connectivity index (χ2v) is 9.06. The van der Waals surface area contributed by atoms with Crippen molar-refractivity contribution in [3.63, 3.8) is 0 Å². The van der Waals surface area contributed by atoms with Crippen LogP contribution in [0.15, 0.2) is 39.5 Å². The first-order chi connectivity index (χ1) is 17.5. The number of benzene rings is 2. The number of halogens is 1. The Bertz CT molecular complexity index is 1340. The van der Waals surface area contributed by atoms with Crippen LogP contribution in [0, 0.1) is 0 Å². The fourth-order valence-corrected chi connectivity index (χ4v) is 5.08. The Kier molecular flexibility index (Phi) is 6.79. The van der Waals surface area contributed by atoms with Gasteiger partial charge in [-0.15, -0.1) is 0 Å². The average molecular weight is 515 g/mol. The molecule has 1 aromatic heterocycles. The minimum atomic E-state index is -0.707. The third kappa shape index (κ3) is 4.17. The van der Waals surface area contributed by atoms with Crippen LogP contribution in [0.5, 0.6) is 17.2 Å². The lowest BCUT2D eigenvalue weighted by Gasteiger charge is -2.31. The van der Waals surface area contributed by atoms with Crippen molar-refractivity contribution >= 4 is 28.5 Å². The summed E-state index contributed by atoms with van der Waals surface area (Å²) in [6.07, 6.45) is 0. The van der Waals surface area contributed by atoms with E-state index in [0.29, 0.717) is 65.1 Å². The second kappa shape index (κ2) is 10.0. The highest BCUT2D eigenvalue weighted by molar-refractivity contribution is 6.31. The number of methoxy groups -OCH3 is 3. The summed E-state index contributed by atoms with van der Waals surface area (Å²) in [5.41, 5.74) is 0.933. The summed E-state index contributed by atoms with van der Waals surface area (Å²) in [4.78, 5) is 31.4. The van der Waals surface area contributed by atoms with Gasteiger partial charge < -0.3 is 28.3 Å². The maximum atomic E-state index is 13.8. The minimum absolute atomic E-state index is 0.0375. The summed E-state index contributed by atoms with van der Waals surface area (Å²) >= 11 is 6.18. The van der Waals surface area contributed by atoms with E-state index in [4.69, 9.17) is 35.0 Å². The van der Waals surface area contributed by atoms with Crippen LogP contribution in [0.3, 0.4) is 0 Å². The van der Waals surface area contributed by atoms with E-state index in [2.05, 4.69) is 4.90 Å². The average Bonchev–Trinajstić information content (AvgIpc) is 3.19. The first kappa shape index (κ1) is 24.4. The van der Waals surface area contributed by atoms with E-state index >= 15 is 0 Å². The van der Waals surface area contributed by atoms with E-state index < -0.39 is 6.04 Å². The zero-order valence-electron chi connectivity index (χ0n) is 20.3. The fourth-order valence-electron chi connectivity index (χ4n) is 4.90. The predicted molar refractivity (Wildman–Crippen MR) is 134 cm³/mol. The van der Waals surface area contributed by atoms with Gasteiger partial charge in [0.1, 0.15) is 5.58 Å². The molecule has 0 saturated carbocycles. The Hall–Kier alpha value is -3.27. The quantitative estimate of drug-likeness (QED) is 0.474. The number of nitrogens with zero attached hydrogens (tertiary/aromatic N) is 2. The summed E-state index contributed by atoms with van der Waals surface area (Å²) in [5.74, 6) is 0.968. The first-order valence-corrected chi connectivity index (χ1v) is 12.0. The van der Waals surface area contributed by atoms with E-state index in [1.807, 2.05) is 0 Å². The Labute approximate surface area is 213 Å². The molecule has 1 amide bonds. The minimum Gasteiger partial charge on any atom is -0.493 e. The summed E-state index contributed by atoms with van der Waals surface area (Å²) in [5, 5.41) is 0.731. The van der Waals surface area contributed by atoms with Gasteiger partial charge >= 0.3 is 0 Å². The molecule has 2 aliphatic heterocycles. The number of fused-ring (bicyclic) bond motifs is 2. The Morgan fingerprint density at radius 2 is 1.67 bits per heavy atom. The van der Waals surface area contributed by atoms with E-state index in [1.165, 1.54) is 21.3 Å². The molecule has 3 aromatic rings. The molecule has 0 bridgehead atoms. The van der Waals surface area contributed by atoms with Gasteiger partial charge in [0.25, 0.3) is 5.91 Å². The molecule has 0 N–H and O–H groups in total. The number of rotatable bonds is 7. The Morgan fingerprint density at radius 3 is 2.31 bits per heavy atom. The van der Waals surface area contributed by atoms with E-state index in [1.54, 1.807) is 35.2 Å². The maximum Gasteiger partial charge on any atom is 0.290 e. The molecule has 2 aliphatic rings. The summed E-state index contributed by atoms with van der Waals surface area (Å²) in [7, 11) is 4.57. The molecule has 9 nitrogen and oxygen atoms in total. The lowest BCUT2D eigenvalue weighted by Crippen LogP contribution is -2.42. The zero-order chi connectivity index (χ0) is 25.4. The molecule has 2 aromatic carbocycles. The number of ether oxygens (including phenoxy) is 4. The van der Waals surface area contributed by atoms with Crippen molar-refractivity contribution in [2.75, 3.05) is 60.7 Å². The molecule has 1 fully saturated rings. The van der Waals surface area contributed by atoms with E-state index in [9.17, 15) is 9.59 Å². The van der Waals surface area contributed by atoms with Crippen molar-refractivity contribution in [3.05, 3.63) is 62.5 Å². The van der Waals surface area contributed by atoms with Crippen molar-refractivity contribution in [1.82, 2.24) is 9.80 Å². The third-order valence-corrected chi connectivity index (χ3v) is 6.93. The number of carbonyl (C=O) groups excluding carboxylic acids is 1. The third-order valence-electron chi connectivity index (χ3n) is 6.69. The van der Waals surface area contributed by atoms with E-state index in [-0.39, 0.29) is 22.7 Å². The molecule has 1 saturated heterocycles. The molecular weight excluding hydrogens is 488 g/mol. The first-order valence-electron chi connectivity index (χ1n) is 11.6. The Balaban J connectivity index is 1.67. The van der Waals surface area contributed by atoms with Gasteiger partial charge in [0, 0.05) is 31.2 Å². The van der Waals surface area contributed by atoms with Crippen molar-refractivity contribution in [2.24, 2.45) is 0 Å². The van der Waals surface area contributed by atoms with Gasteiger partial charge in [-0.3, -0.25) is 14.5 Å². The fraction of sp³-hybridized carbons (Fsp3) is 0.385. The largest absolute Gasteiger partial charge is 0.493 e. The molecule has 1 atom stereocenters. The van der Waals surface area contributed by atoms with Crippen LogP contribution < -0.4 is 19.6 Å². The van der Waals surface area contributed by atoms with Crippen molar-refractivity contribution in [2.45, 2.75) is 6.04 Å². The molecule has 1 unspecified atom stereocenters. The maximum absolute atomic E-state index is 13.8. The lowest BCUT2D eigenvalue weighted by molar-refractivity contribution is 0.0314. The van der Waals surface area contributed by atoms with Gasteiger partial charge in [0.2, 0.25) is 11.5 Å². The summed E-state index contributed by atoms with van der Waals surface area (Å²) < 4.78 is 28.0. The van der Waals surface area contributed by atoms with Gasteiger partial charge in [-0.25, -0.2) is 0 Å². The highest BCUT2D eigenvalue weighted by Gasteiger charge is 2.43. The molecule has 0 spiro atoms. The van der Waals surface area contributed by atoms with Crippen LogP contribution in [0.25, 0.3) is 11.0 Å². The second-order valence-electron chi connectivity index (χ2n) is 8.63. The number of hydrogen-bond donors (Lipinski definition) is 0. The van der Waals surface area contributed by atoms with Crippen molar-refractivity contribution < 1.29 is 28.2 Å². The van der Waals surface area contributed by atoms with Crippen LogP contribution in [-0.4, -0.2) is 76.4 Å². The summed E-state index contributed by atoms with van der Waals surface area (Å²) in [6.45, 7) is 3.88. The standard InChI is InChI=1S/C26H27ClN2O7/c1-32-19-12-15(13-20(33-2)24(19)34-3)22-21-23(30)17-14-16(27)4-5-18(17)36-25(21)26(31)29(22)7-6-28-8-10-35-11-9-28/h4-5,12-14,22H,6-11H2,1-3H3. The van der Waals surface area contributed by atoms with Crippen LogP contribution in [0.1, 0.15) is 27.7 Å². The van der Waals surface area contributed by atoms with Crippen LogP contribution in [-0.2, 0) is 4.74 Å². The Morgan fingerprint density at radius 1 is 0.972 bits per heavy atom. The topological polar surface area (TPSA) is 90.7 Å². The molecular formula is C26H27ClN2O7. The molecule has 190 valence electrons. The molecule has 10 heteroatoms. The van der Waals surface area contributed by atoms with Crippen LogP contribution in [0.2, 0.25) is 5.02 Å². The van der Waals surface area contributed by atoms with Gasteiger partial charge in [0.15, 0.2) is 16.9 Å². The molecule has 0 radical (unpaired) electrons. The monoisotopic (exact) mass is 514 g/mol.